The summed E-state index contributed by atoms with van der Waals surface area (Å²) in [7, 11) is 0. The highest BCUT2D eigenvalue weighted by Crippen LogP contribution is 2.65. The summed E-state index contributed by atoms with van der Waals surface area (Å²) in [6.45, 7) is 6.45. The summed E-state index contributed by atoms with van der Waals surface area (Å²) < 4.78 is 1.66. The first-order valence-electron chi connectivity index (χ1n) is 12.9. The molecule has 0 spiro atoms. The van der Waals surface area contributed by atoms with E-state index in [-0.39, 0.29) is 17.2 Å². The van der Waals surface area contributed by atoms with E-state index < -0.39 is 5.60 Å². The Morgan fingerprint density at radius 3 is 2.72 bits per heavy atom. The molecule has 4 fully saturated rings. The molecular weight excluding hydrogens is 398 g/mol. The lowest BCUT2D eigenvalue weighted by atomic mass is 9.49. The molecule has 174 valence electrons. The van der Waals surface area contributed by atoms with Crippen molar-refractivity contribution < 1.29 is 9.90 Å². The lowest BCUT2D eigenvalue weighted by molar-refractivity contribution is -0.125. The van der Waals surface area contributed by atoms with Gasteiger partial charge in [-0.1, -0.05) is 6.92 Å². The third-order valence-corrected chi connectivity index (χ3v) is 10.5. The maximum Gasteiger partial charge on any atom is 0.157 e. The number of hydrogen-bond donors (Lipinski definition) is 1. The van der Waals surface area contributed by atoms with Crippen LogP contribution in [-0.4, -0.2) is 26.3 Å². The summed E-state index contributed by atoms with van der Waals surface area (Å²) in [5.74, 6) is 4.67. The molecule has 4 aliphatic rings. The van der Waals surface area contributed by atoms with Gasteiger partial charge in [0.25, 0.3) is 0 Å². The van der Waals surface area contributed by atoms with Gasteiger partial charge in [-0.25, -0.2) is 0 Å². The van der Waals surface area contributed by atoms with Crippen molar-refractivity contribution in [3.05, 3.63) is 18.0 Å². The number of ketones is 1. The maximum absolute atomic E-state index is 13.2. The molecule has 0 amide bonds. The summed E-state index contributed by atoms with van der Waals surface area (Å²) in [5.41, 5.74) is 0.344. The third-order valence-electron chi connectivity index (χ3n) is 10.5. The van der Waals surface area contributed by atoms with Crippen molar-refractivity contribution in [3.8, 4) is 6.07 Å². The molecule has 0 bridgehead atoms. The van der Waals surface area contributed by atoms with Crippen molar-refractivity contribution in [3.63, 3.8) is 0 Å². The smallest absolute Gasteiger partial charge is 0.157 e. The van der Waals surface area contributed by atoms with Crippen molar-refractivity contribution >= 4 is 5.78 Å². The molecule has 0 radical (unpaired) electrons. The minimum atomic E-state index is -0.449. The molecule has 5 rings (SSSR count). The number of nitrogens with zero attached hydrogens (tertiary/aromatic N) is 3. The van der Waals surface area contributed by atoms with Crippen LogP contribution in [0, 0.1) is 52.3 Å². The Bertz CT molecular complexity index is 914. The first-order chi connectivity index (χ1) is 15.2. The Morgan fingerprint density at radius 1 is 1.19 bits per heavy atom. The quantitative estimate of drug-likeness (QED) is 0.694. The topological polar surface area (TPSA) is 78.9 Å². The van der Waals surface area contributed by atoms with Gasteiger partial charge in [-0.2, -0.15) is 10.4 Å². The van der Waals surface area contributed by atoms with Crippen LogP contribution in [0.2, 0.25) is 0 Å². The summed E-state index contributed by atoms with van der Waals surface area (Å²) >= 11 is 0. The van der Waals surface area contributed by atoms with Gasteiger partial charge in [-0.15, -0.1) is 0 Å². The van der Waals surface area contributed by atoms with Gasteiger partial charge in [-0.3, -0.25) is 9.48 Å². The lowest BCUT2D eigenvalue weighted by Crippen LogP contribution is -2.50. The summed E-state index contributed by atoms with van der Waals surface area (Å²) in [4.78, 5) is 13.2. The van der Waals surface area contributed by atoms with Gasteiger partial charge in [0, 0.05) is 12.6 Å². The molecule has 1 heterocycles. The summed E-state index contributed by atoms with van der Waals surface area (Å²) in [5, 5.41) is 23.9. The van der Waals surface area contributed by atoms with Crippen LogP contribution >= 0.6 is 0 Å². The highest BCUT2D eigenvalue weighted by molar-refractivity contribution is 5.82. The van der Waals surface area contributed by atoms with Crippen LogP contribution in [0.25, 0.3) is 0 Å². The van der Waals surface area contributed by atoms with E-state index in [1.54, 1.807) is 17.1 Å². The fourth-order valence-electron chi connectivity index (χ4n) is 8.69. The molecule has 1 N–H and O–H groups in total. The molecule has 4 saturated carbocycles. The van der Waals surface area contributed by atoms with E-state index in [4.69, 9.17) is 5.26 Å². The van der Waals surface area contributed by atoms with E-state index in [0.29, 0.717) is 17.9 Å². The number of fused-ring (bicyclic) bond motifs is 5. The number of nitriles is 1. The fourth-order valence-corrected chi connectivity index (χ4v) is 8.69. The predicted octanol–water partition coefficient (Wildman–Crippen LogP) is 5.29. The predicted molar refractivity (Wildman–Crippen MR) is 123 cm³/mol. The van der Waals surface area contributed by atoms with Crippen LogP contribution < -0.4 is 0 Å². The van der Waals surface area contributed by atoms with Crippen LogP contribution in [0.4, 0.5) is 0 Å². The summed E-state index contributed by atoms with van der Waals surface area (Å²) in [6.07, 6.45) is 14.7. The van der Waals surface area contributed by atoms with Crippen LogP contribution in [-0.2, 0) is 4.79 Å². The highest BCUT2D eigenvalue weighted by atomic mass is 16.3. The number of rotatable bonds is 4. The number of carbonyl (C=O) groups is 1. The zero-order chi connectivity index (χ0) is 22.7. The van der Waals surface area contributed by atoms with Gasteiger partial charge in [0.15, 0.2) is 5.78 Å². The van der Waals surface area contributed by atoms with Crippen LogP contribution in [0.1, 0.15) is 96.6 Å². The van der Waals surface area contributed by atoms with E-state index in [2.05, 4.69) is 18.1 Å². The minimum Gasteiger partial charge on any atom is -0.390 e. The van der Waals surface area contributed by atoms with Gasteiger partial charge in [-0.05, 0) is 113 Å². The van der Waals surface area contributed by atoms with Crippen LogP contribution in [0.15, 0.2) is 12.4 Å². The van der Waals surface area contributed by atoms with Gasteiger partial charge < -0.3 is 5.11 Å². The number of aliphatic hydroxyl groups is 1. The monoisotopic (exact) mass is 437 g/mol. The average Bonchev–Trinajstić information content (AvgIpc) is 3.37. The highest BCUT2D eigenvalue weighted by Gasteiger charge is 2.57. The van der Waals surface area contributed by atoms with Crippen LogP contribution in [0.3, 0.4) is 0 Å². The Morgan fingerprint density at radius 2 is 1.97 bits per heavy atom. The first kappa shape index (κ1) is 22.1. The Kier molecular flexibility index (Phi) is 5.52. The zero-order valence-corrected chi connectivity index (χ0v) is 20.0. The van der Waals surface area contributed by atoms with E-state index in [1.807, 2.05) is 13.8 Å². The largest absolute Gasteiger partial charge is 0.390 e. The van der Waals surface area contributed by atoms with E-state index in [1.165, 1.54) is 44.9 Å². The van der Waals surface area contributed by atoms with Crippen LogP contribution in [0.5, 0.6) is 0 Å². The molecule has 5 heteroatoms. The van der Waals surface area contributed by atoms with Crippen molar-refractivity contribution in [2.45, 2.75) is 96.6 Å². The molecule has 5 nitrogen and oxygen atoms in total. The molecule has 1 aromatic rings. The van der Waals surface area contributed by atoms with Gasteiger partial charge in [0.2, 0.25) is 0 Å². The lowest BCUT2D eigenvalue weighted by Gasteiger charge is -2.57. The molecule has 0 saturated heterocycles. The summed E-state index contributed by atoms with van der Waals surface area (Å²) in [6, 6.07) is 1.80. The second-order valence-corrected chi connectivity index (χ2v) is 12.2. The second kappa shape index (κ2) is 7.97. The Hall–Kier alpha value is -1.67. The number of carbonyl (C=O) groups excluding carboxylic acids is 1. The Balaban J connectivity index is 1.27. The van der Waals surface area contributed by atoms with Crippen molar-refractivity contribution in [1.82, 2.24) is 9.78 Å². The van der Waals surface area contributed by atoms with Gasteiger partial charge >= 0.3 is 0 Å². The molecular formula is C27H39N3O2. The first-order valence-corrected chi connectivity index (χ1v) is 12.9. The normalized spacial score (nSPS) is 44.1. The zero-order valence-electron chi connectivity index (χ0n) is 20.0. The van der Waals surface area contributed by atoms with Gasteiger partial charge in [0.05, 0.1) is 17.4 Å². The van der Waals surface area contributed by atoms with E-state index in [0.717, 1.165) is 42.4 Å². The number of Topliss-reactive ketones (excluding diaryl/α,β-unsaturated/α-hetero) is 1. The second-order valence-electron chi connectivity index (χ2n) is 12.2. The Labute approximate surface area is 192 Å². The van der Waals surface area contributed by atoms with Crippen molar-refractivity contribution in [2.24, 2.45) is 40.9 Å². The van der Waals surface area contributed by atoms with E-state index in [9.17, 15) is 9.90 Å². The van der Waals surface area contributed by atoms with E-state index >= 15 is 0 Å². The minimum absolute atomic E-state index is 0.254. The number of hydrogen-bond acceptors (Lipinski definition) is 4. The molecule has 9 atom stereocenters. The molecule has 0 aromatic carbocycles. The number of aromatic nitrogens is 2. The fraction of sp³-hybridized carbons (Fsp3) is 0.815. The van der Waals surface area contributed by atoms with Crippen molar-refractivity contribution in [2.75, 3.05) is 0 Å². The van der Waals surface area contributed by atoms with Gasteiger partial charge in [0.1, 0.15) is 12.1 Å². The average molecular weight is 438 g/mol. The maximum atomic E-state index is 13.2. The molecule has 1 aromatic heterocycles. The standard InChI is InChI=1S/C27H39N3O2/c1-17(30-16-18(14-28)15-29-30)25(31)12-20-5-7-24-23-6-4-19-13-26(2,32)10-8-21(19)22(23)9-11-27(20,24)3/h15-17,19-24,32H,4-13H2,1-3H3/t17-,19+,20+,21-,22+,23+,24-,26+,27+/m0/s1. The molecule has 0 unspecified atom stereocenters. The third kappa shape index (κ3) is 3.63. The molecule has 0 aliphatic heterocycles. The van der Waals surface area contributed by atoms with Crippen molar-refractivity contribution in [1.29, 1.82) is 5.26 Å². The SMILES string of the molecule is C[C@@H](C(=O)C[C@H]1CC[C@H]2[C@@H]3CC[C@@H]4C[C@](C)(O)CC[C@@H]4[C@H]3CC[C@]12C)n1cc(C#N)cn1. The molecule has 32 heavy (non-hydrogen) atoms. The molecule has 4 aliphatic carbocycles.